The average molecular weight is 391 g/mol. The number of aromatic nitrogens is 2. The third-order valence-electron chi connectivity index (χ3n) is 4.78. The molecule has 146 valence electrons. The number of rotatable bonds is 6. The Morgan fingerprint density at radius 3 is 2.52 bits per heavy atom. The molecule has 1 aromatic heterocycles. The minimum absolute atomic E-state index is 0.224. The Bertz CT molecular complexity index is 885. The highest BCUT2D eigenvalue weighted by Gasteiger charge is 2.34. The SMILES string of the molecule is CCOC(=O)C1CCN(S(=O)(=O)c2cn(Cc3ccccc3)nc2C)CC1. The van der Waals surface area contributed by atoms with E-state index in [2.05, 4.69) is 5.10 Å². The van der Waals surface area contributed by atoms with Crippen LogP contribution in [0.4, 0.5) is 0 Å². The maximum Gasteiger partial charge on any atom is 0.309 e. The van der Waals surface area contributed by atoms with Crippen LogP contribution in [-0.4, -0.2) is 48.2 Å². The zero-order chi connectivity index (χ0) is 19.4. The Balaban J connectivity index is 1.71. The zero-order valence-corrected chi connectivity index (χ0v) is 16.5. The minimum atomic E-state index is -3.63. The van der Waals surface area contributed by atoms with Gasteiger partial charge in [0.2, 0.25) is 10.0 Å². The van der Waals surface area contributed by atoms with Crippen molar-refractivity contribution in [2.24, 2.45) is 5.92 Å². The van der Waals surface area contributed by atoms with Crippen LogP contribution in [0.2, 0.25) is 0 Å². The first-order chi connectivity index (χ1) is 12.9. The summed E-state index contributed by atoms with van der Waals surface area (Å²) in [6.45, 7) is 4.97. The van der Waals surface area contributed by atoms with Crippen molar-refractivity contribution < 1.29 is 17.9 Å². The largest absolute Gasteiger partial charge is 0.466 e. The molecule has 1 aliphatic rings. The maximum absolute atomic E-state index is 13.0. The molecule has 0 N–H and O–H groups in total. The molecule has 0 spiro atoms. The summed E-state index contributed by atoms with van der Waals surface area (Å²) in [6.07, 6.45) is 2.56. The number of nitrogens with zero attached hydrogens (tertiary/aromatic N) is 3. The van der Waals surface area contributed by atoms with E-state index >= 15 is 0 Å². The van der Waals surface area contributed by atoms with Crippen LogP contribution in [0.5, 0.6) is 0 Å². The molecule has 1 aliphatic heterocycles. The molecular weight excluding hydrogens is 366 g/mol. The average Bonchev–Trinajstić information content (AvgIpc) is 3.04. The fourth-order valence-corrected chi connectivity index (χ4v) is 4.97. The Labute approximate surface area is 160 Å². The van der Waals surface area contributed by atoms with Crippen molar-refractivity contribution in [1.82, 2.24) is 14.1 Å². The molecule has 1 aromatic carbocycles. The number of sulfonamides is 1. The van der Waals surface area contributed by atoms with Gasteiger partial charge in [0.05, 0.1) is 24.8 Å². The smallest absolute Gasteiger partial charge is 0.309 e. The summed E-state index contributed by atoms with van der Waals surface area (Å²) in [7, 11) is -3.63. The van der Waals surface area contributed by atoms with Gasteiger partial charge in [0.1, 0.15) is 4.90 Å². The molecule has 27 heavy (non-hydrogen) atoms. The highest BCUT2D eigenvalue weighted by atomic mass is 32.2. The van der Waals surface area contributed by atoms with Crippen LogP contribution in [0.1, 0.15) is 31.0 Å². The monoisotopic (exact) mass is 391 g/mol. The van der Waals surface area contributed by atoms with E-state index in [1.807, 2.05) is 30.3 Å². The first-order valence-electron chi connectivity index (χ1n) is 9.16. The molecule has 0 unspecified atom stereocenters. The molecule has 0 atom stereocenters. The van der Waals surface area contributed by atoms with E-state index in [0.717, 1.165) is 5.56 Å². The van der Waals surface area contributed by atoms with Gasteiger partial charge in [0.15, 0.2) is 0 Å². The predicted octanol–water partition coefficient (Wildman–Crippen LogP) is 2.20. The van der Waals surface area contributed by atoms with E-state index in [0.29, 0.717) is 44.8 Å². The third kappa shape index (κ3) is 4.39. The van der Waals surface area contributed by atoms with Gasteiger partial charge in [-0.25, -0.2) is 8.42 Å². The van der Waals surface area contributed by atoms with Gasteiger partial charge in [0.25, 0.3) is 0 Å². The molecule has 0 saturated carbocycles. The molecule has 0 bridgehead atoms. The van der Waals surface area contributed by atoms with Gasteiger partial charge >= 0.3 is 5.97 Å². The Morgan fingerprint density at radius 2 is 1.89 bits per heavy atom. The van der Waals surface area contributed by atoms with Crippen molar-refractivity contribution in [2.75, 3.05) is 19.7 Å². The number of esters is 1. The molecule has 0 aliphatic carbocycles. The third-order valence-corrected chi connectivity index (χ3v) is 6.78. The van der Waals surface area contributed by atoms with Crippen LogP contribution in [0.25, 0.3) is 0 Å². The first-order valence-corrected chi connectivity index (χ1v) is 10.6. The minimum Gasteiger partial charge on any atom is -0.466 e. The van der Waals surface area contributed by atoms with Crippen molar-refractivity contribution >= 4 is 16.0 Å². The fraction of sp³-hybridized carbons (Fsp3) is 0.474. The lowest BCUT2D eigenvalue weighted by Gasteiger charge is -2.29. The summed E-state index contributed by atoms with van der Waals surface area (Å²) in [5.41, 5.74) is 1.54. The van der Waals surface area contributed by atoms with Gasteiger partial charge in [-0.1, -0.05) is 30.3 Å². The van der Waals surface area contributed by atoms with Crippen LogP contribution in [0.15, 0.2) is 41.4 Å². The van der Waals surface area contributed by atoms with Gasteiger partial charge in [0, 0.05) is 19.3 Å². The topological polar surface area (TPSA) is 81.5 Å². The highest BCUT2D eigenvalue weighted by Crippen LogP contribution is 2.26. The fourth-order valence-electron chi connectivity index (χ4n) is 3.34. The van der Waals surface area contributed by atoms with Crippen LogP contribution < -0.4 is 0 Å². The summed E-state index contributed by atoms with van der Waals surface area (Å²) >= 11 is 0. The second-order valence-corrected chi connectivity index (χ2v) is 8.60. The number of hydrogen-bond acceptors (Lipinski definition) is 5. The number of hydrogen-bond donors (Lipinski definition) is 0. The normalized spacial score (nSPS) is 16.4. The summed E-state index contributed by atoms with van der Waals surface area (Å²) in [6, 6.07) is 9.78. The lowest BCUT2D eigenvalue weighted by Crippen LogP contribution is -2.40. The van der Waals surface area contributed by atoms with E-state index in [9.17, 15) is 13.2 Å². The molecule has 1 saturated heterocycles. The van der Waals surface area contributed by atoms with Gasteiger partial charge in [-0.05, 0) is 32.3 Å². The van der Waals surface area contributed by atoms with Crippen molar-refractivity contribution in [2.45, 2.75) is 38.1 Å². The number of carbonyl (C=O) groups is 1. The van der Waals surface area contributed by atoms with Crippen molar-refractivity contribution in [3.05, 3.63) is 47.8 Å². The van der Waals surface area contributed by atoms with Crippen LogP contribution >= 0.6 is 0 Å². The van der Waals surface area contributed by atoms with Gasteiger partial charge in [-0.3, -0.25) is 9.48 Å². The Hall–Kier alpha value is -2.19. The number of aryl methyl sites for hydroxylation is 1. The summed E-state index contributed by atoms with van der Waals surface area (Å²) in [4.78, 5) is 12.1. The van der Waals surface area contributed by atoms with Crippen LogP contribution in [-0.2, 0) is 26.1 Å². The molecule has 1 fully saturated rings. The van der Waals surface area contributed by atoms with E-state index in [1.54, 1.807) is 24.7 Å². The van der Waals surface area contributed by atoms with E-state index in [4.69, 9.17) is 4.74 Å². The lowest BCUT2D eigenvalue weighted by atomic mass is 9.98. The van der Waals surface area contributed by atoms with Gasteiger partial charge in [-0.15, -0.1) is 0 Å². The highest BCUT2D eigenvalue weighted by molar-refractivity contribution is 7.89. The second-order valence-electron chi connectivity index (χ2n) is 6.69. The summed E-state index contributed by atoms with van der Waals surface area (Å²) in [5.74, 6) is -0.459. The predicted molar refractivity (Wildman–Crippen MR) is 101 cm³/mol. The first kappa shape index (κ1) is 19.6. The maximum atomic E-state index is 13.0. The molecule has 2 heterocycles. The zero-order valence-electron chi connectivity index (χ0n) is 15.7. The molecule has 2 aromatic rings. The lowest BCUT2D eigenvalue weighted by molar-refractivity contribution is -0.149. The van der Waals surface area contributed by atoms with Crippen LogP contribution in [0.3, 0.4) is 0 Å². The molecule has 0 radical (unpaired) electrons. The van der Waals surface area contributed by atoms with E-state index < -0.39 is 10.0 Å². The Morgan fingerprint density at radius 1 is 1.22 bits per heavy atom. The number of ether oxygens (including phenoxy) is 1. The second kappa shape index (κ2) is 8.22. The molecule has 0 amide bonds. The molecule has 8 heteroatoms. The number of piperidine rings is 1. The van der Waals surface area contributed by atoms with E-state index in [1.165, 1.54) is 4.31 Å². The van der Waals surface area contributed by atoms with Gasteiger partial charge in [-0.2, -0.15) is 9.40 Å². The van der Waals surface area contributed by atoms with Crippen molar-refractivity contribution in [3.8, 4) is 0 Å². The molecular formula is C19H25N3O4S. The van der Waals surface area contributed by atoms with E-state index in [-0.39, 0.29) is 16.8 Å². The molecule has 7 nitrogen and oxygen atoms in total. The number of carbonyl (C=O) groups excluding carboxylic acids is 1. The standard InChI is InChI=1S/C19H25N3O4S/c1-3-26-19(23)17-9-11-22(12-10-17)27(24,25)18-14-21(20-15(18)2)13-16-7-5-4-6-8-16/h4-8,14,17H,3,9-13H2,1-2H3. The van der Waals surface area contributed by atoms with Crippen molar-refractivity contribution in [3.63, 3.8) is 0 Å². The van der Waals surface area contributed by atoms with Crippen molar-refractivity contribution in [1.29, 1.82) is 0 Å². The van der Waals surface area contributed by atoms with Gasteiger partial charge < -0.3 is 4.74 Å². The quantitative estimate of drug-likeness (QED) is 0.705. The summed E-state index contributed by atoms with van der Waals surface area (Å²) < 4.78 is 34.2. The number of benzene rings is 1. The summed E-state index contributed by atoms with van der Waals surface area (Å²) in [5, 5.41) is 4.37. The Kier molecular flexibility index (Phi) is 5.96. The van der Waals surface area contributed by atoms with Crippen LogP contribution in [0, 0.1) is 12.8 Å². The molecule has 3 rings (SSSR count).